The Morgan fingerprint density at radius 2 is 1.67 bits per heavy atom. The largest absolute Gasteiger partial charge is 0.324 e. The fourth-order valence-electron chi connectivity index (χ4n) is 2.77. The molecule has 0 bridgehead atoms. The minimum Gasteiger partial charge on any atom is -0.324 e. The van der Waals surface area contributed by atoms with Crippen LogP contribution in [0, 0.1) is 6.92 Å². The number of benzene rings is 3. The summed E-state index contributed by atoms with van der Waals surface area (Å²) in [5, 5.41) is 6.02. The Labute approximate surface area is 190 Å². The van der Waals surface area contributed by atoms with Gasteiger partial charge in [-0.1, -0.05) is 53.5 Å². The lowest BCUT2D eigenvalue weighted by Crippen LogP contribution is -2.22. The zero-order valence-corrected chi connectivity index (χ0v) is 18.7. The fraction of sp³-hybridized carbons (Fsp3) is 0.130. The van der Waals surface area contributed by atoms with Crippen molar-refractivity contribution in [3.63, 3.8) is 0 Å². The minimum absolute atomic E-state index is 0.170. The average Bonchev–Trinajstić information content (AvgIpc) is 2.72. The summed E-state index contributed by atoms with van der Waals surface area (Å²) in [4.78, 5) is 26.0. The van der Waals surface area contributed by atoms with Crippen LogP contribution in [0.1, 0.15) is 22.8 Å². The third kappa shape index (κ3) is 5.57. The van der Waals surface area contributed by atoms with Crippen LogP contribution >= 0.6 is 35.0 Å². The number of hydrogen-bond acceptors (Lipinski definition) is 3. The van der Waals surface area contributed by atoms with Crippen LogP contribution in [-0.2, 0) is 4.79 Å². The first-order valence-corrected chi connectivity index (χ1v) is 10.9. The molecule has 3 rings (SSSR count). The van der Waals surface area contributed by atoms with Crippen LogP contribution in [-0.4, -0.2) is 17.1 Å². The molecule has 0 fully saturated rings. The highest BCUT2D eigenvalue weighted by Crippen LogP contribution is 2.31. The smallest absolute Gasteiger partial charge is 0.255 e. The lowest BCUT2D eigenvalue weighted by Gasteiger charge is -2.14. The van der Waals surface area contributed by atoms with E-state index in [1.54, 1.807) is 31.2 Å². The van der Waals surface area contributed by atoms with Crippen LogP contribution in [0.3, 0.4) is 0 Å². The lowest BCUT2D eigenvalue weighted by molar-refractivity contribution is -0.115. The van der Waals surface area contributed by atoms with Gasteiger partial charge in [0.2, 0.25) is 5.91 Å². The molecule has 2 N–H and O–H groups in total. The average molecular weight is 459 g/mol. The van der Waals surface area contributed by atoms with E-state index in [4.69, 9.17) is 23.2 Å². The zero-order chi connectivity index (χ0) is 21.7. The van der Waals surface area contributed by atoms with E-state index in [1.807, 2.05) is 49.4 Å². The van der Waals surface area contributed by atoms with Gasteiger partial charge in [0.25, 0.3) is 5.91 Å². The standard InChI is InChI=1S/C23H20Cl2N2O2S/c1-14-7-3-4-10-18(14)23(29)26-16-8-5-9-17(13-16)30-15(2)22(28)27-20-12-6-11-19(24)21(20)25/h3-13,15H,1-2H3,(H,26,29)(H,27,28). The number of aryl methyl sites for hydroxylation is 1. The molecule has 154 valence electrons. The van der Waals surface area contributed by atoms with Gasteiger partial charge in [-0.15, -0.1) is 11.8 Å². The van der Waals surface area contributed by atoms with Gasteiger partial charge in [0.05, 0.1) is 21.0 Å². The molecule has 0 aliphatic carbocycles. The number of amides is 2. The maximum absolute atomic E-state index is 12.6. The second kappa shape index (κ2) is 10.0. The molecular formula is C23H20Cl2N2O2S. The molecule has 1 unspecified atom stereocenters. The van der Waals surface area contributed by atoms with Crippen molar-refractivity contribution in [2.24, 2.45) is 0 Å². The van der Waals surface area contributed by atoms with Crippen molar-refractivity contribution in [3.8, 4) is 0 Å². The second-order valence-electron chi connectivity index (χ2n) is 6.65. The normalized spacial score (nSPS) is 11.6. The minimum atomic E-state index is -0.387. The molecule has 0 saturated heterocycles. The van der Waals surface area contributed by atoms with Crippen molar-refractivity contribution in [1.82, 2.24) is 0 Å². The Hall–Kier alpha value is -2.47. The third-order valence-electron chi connectivity index (χ3n) is 4.37. The van der Waals surface area contributed by atoms with Gasteiger partial charge in [0.15, 0.2) is 0 Å². The Balaban J connectivity index is 1.65. The van der Waals surface area contributed by atoms with Crippen LogP contribution in [0.5, 0.6) is 0 Å². The molecule has 0 spiro atoms. The number of nitrogens with one attached hydrogen (secondary N) is 2. The van der Waals surface area contributed by atoms with Gasteiger partial charge in [-0.25, -0.2) is 0 Å². The lowest BCUT2D eigenvalue weighted by atomic mass is 10.1. The quantitative estimate of drug-likeness (QED) is 0.405. The highest BCUT2D eigenvalue weighted by molar-refractivity contribution is 8.00. The molecule has 0 heterocycles. The molecule has 3 aromatic rings. The van der Waals surface area contributed by atoms with E-state index in [1.165, 1.54) is 11.8 Å². The number of thioether (sulfide) groups is 1. The monoisotopic (exact) mass is 458 g/mol. The highest BCUT2D eigenvalue weighted by Gasteiger charge is 2.17. The van der Waals surface area contributed by atoms with Gasteiger partial charge in [-0.3, -0.25) is 9.59 Å². The van der Waals surface area contributed by atoms with Crippen molar-refractivity contribution in [1.29, 1.82) is 0 Å². The molecule has 0 saturated carbocycles. The first-order chi connectivity index (χ1) is 14.3. The Morgan fingerprint density at radius 1 is 0.933 bits per heavy atom. The van der Waals surface area contributed by atoms with E-state index in [0.717, 1.165) is 10.5 Å². The summed E-state index contributed by atoms with van der Waals surface area (Å²) in [6.07, 6.45) is 0. The molecule has 0 aromatic heterocycles. The second-order valence-corrected chi connectivity index (χ2v) is 8.85. The highest BCUT2D eigenvalue weighted by atomic mass is 35.5. The van der Waals surface area contributed by atoms with Crippen molar-refractivity contribution in [3.05, 3.63) is 87.9 Å². The Kier molecular flexibility index (Phi) is 7.43. The fourth-order valence-corrected chi connectivity index (χ4v) is 4.04. The summed E-state index contributed by atoms with van der Waals surface area (Å²) in [6.45, 7) is 3.70. The van der Waals surface area contributed by atoms with Gasteiger partial charge in [0, 0.05) is 16.1 Å². The molecule has 7 heteroatoms. The Bertz CT molecular complexity index is 1090. The molecule has 0 aliphatic heterocycles. The molecular weight excluding hydrogens is 439 g/mol. The summed E-state index contributed by atoms with van der Waals surface area (Å²) < 4.78 is 0. The molecule has 3 aromatic carbocycles. The Morgan fingerprint density at radius 3 is 2.43 bits per heavy atom. The summed E-state index contributed by atoms with van der Waals surface area (Å²) in [5.74, 6) is -0.366. The zero-order valence-electron chi connectivity index (χ0n) is 16.4. The first kappa shape index (κ1) is 22.2. The molecule has 30 heavy (non-hydrogen) atoms. The number of carbonyl (C=O) groups is 2. The van der Waals surface area contributed by atoms with Crippen LogP contribution < -0.4 is 10.6 Å². The van der Waals surface area contributed by atoms with E-state index in [9.17, 15) is 9.59 Å². The van der Waals surface area contributed by atoms with Crippen LogP contribution in [0.4, 0.5) is 11.4 Å². The van der Waals surface area contributed by atoms with Crippen LogP contribution in [0.15, 0.2) is 71.6 Å². The van der Waals surface area contributed by atoms with E-state index >= 15 is 0 Å². The van der Waals surface area contributed by atoms with Crippen molar-refractivity contribution >= 4 is 58.2 Å². The number of halogens is 2. The topological polar surface area (TPSA) is 58.2 Å². The van der Waals surface area contributed by atoms with Crippen molar-refractivity contribution in [2.75, 3.05) is 10.6 Å². The van der Waals surface area contributed by atoms with Crippen molar-refractivity contribution in [2.45, 2.75) is 24.0 Å². The van der Waals surface area contributed by atoms with Crippen LogP contribution in [0.2, 0.25) is 10.0 Å². The van der Waals surface area contributed by atoms with E-state index in [-0.39, 0.29) is 17.1 Å². The predicted octanol–water partition coefficient (Wildman–Crippen LogP) is 6.67. The number of anilines is 2. The molecule has 2 amide bonds. The van der Waals surface area contributed by atoms with Gasteiger partial charge >= 0.3 is 0 Å². The number of rotatable bonds is 6. The summed E-state index contributed by atoms with van der Waals surface area (Å²) >= 11 is 13.5. The van der Waals surface area contributed by atoms with Gasteiger partial charge in [0.1, 0.15) is 0 Å². The molecule has 0 radical (unpaired) electrons. The maximum Gasteiger partial charge on any atom is 0.255 e. The molecule has 1 atom stereocenters. The molecule has 4 nitrogen and oxygen atoms in total. The maximum atomic E-state index is 12.6. The summed E-state index contributed by atoms with van der Waals surface area (Å²) in [7, 11) is 0. The van der Waals surface area contributed by atoms with E-state index in [0.29, 0.717) is 27.0 Å². The predicted molar refractivity (Wildman–Crippen MR) is 126 cm³/mol. The van der Waals surface area contributed by atoms with Gasteiger partial charge in [-0.05, 0) is 55.8 Å². The molecule has 0 aliphatic rings. The van der Waals surface area contributed by atoms with Gasteiger partial charge < -0.3 is 10.6 Å². The summed E-state index contributed by atoms with van der Waals surface area (Å²) in [6, 6.07) is 19.9. The van der Waals surface area contributed by atoms with E-state index in [2.05, 4.69) is 10.6 Å². The third-order valence-corrected chi connectivity index (χ3v) is 6.29. The van der Waals surface area contributed by atoms with Gasteiger partial charge in [-0.2, -0.15) is 0 Å². The van der Waals surface area contributed by atoms with Crippen molar-refractivity contribution < 1.29 is 9.59 Å². The van der Waals surface area contributed by atoms with E-state index < -0.39 is 0 Å². The number of carbonyl (C=O) groups excluding carboxylic acids is 2. The summed E-state index contributed by atoms with van der Waals surface area (Å²) in [5.41, 5.74) is 2.67. The first-order valence-electron chi connectivity index (χ1n) is 9.23. The SMILES string of the molecule is Cc1ccccc1C(=O)Nc1cccc(SC(C)C(=O)Nc2cccc(Cl)c2Cl)c1. The number of hydrogen-bond donors (Lipinski definition) is 2. The van der Waals surface area contributed by atoms with Crippen LogP contribution in [0.25, 0.3) is 0 Å².